The lowest BCUT2D eigenvalue weighted by Crippen LogP contribution is -1.79. The Morgan fingerprint density at radius 1 is 1.50 bits per heavy atom. The maximum Gasteiger partial charge on any atom is 0.0643 e. The summed E-state index contributed by atoms with van der Waals surface area (Å²) in [5.74, 6) is 0.695. The molecule has 0 spiro atoms. The van der Waals surface area contributed by atoms with Crippen LogP contribution in [0, 0.1) is 0 Å². The molecule has 0 atom stereocenters. The molecule has 0 heterocycles. The predicted molar refractivity (Wildman–Crippen MR) is 36.4 cm³/mol. The second kappa shape index (κ2) is 6.99. The smallest absolute Gasteiger partial charge is 0.0643 e. The summed E-state index contributed by atoms with van der Waals surface area (Å²) in [4.78, 5) is 0. The third-order valence-electron chi connectivity index (χ3n) is 0.705. The van der Waals surface area contributed by atoms with Gasteiger partial charge >= 0.3 is 0 Å². The fourth-order valence-corrected chi connectivity index (χ4v) is 0.471. The topological polar surface area (TPSA) is 9.23 Å². The lowest BCUT2D eigenvalue weighted by atomic mass is 10.4. The largest absolute Gasteiger partial charge is 0.381 e. The second-order valence-corrected chi connectivity index (χ2v) is 1.78. The Labute approximate surface area is 55.3 Å². The lowest BCUT2D eigenvalue weighted by molar-refractivity contribution is 0.233. The van der Waals surface area contributed by atoms with E-state index in [0.717, 1.165) is 6.42 Å². The first-order valence-corrected chi connectivity index (χ1v) is 3.15. The van der Waals surface area contributed by atoms with Crippen LogP contribution in [0.4, 0.5) is 0 Å². The molecule has 0 aliphatic heterocycles. The Hall–Kier alpha value is -0.0100. The fourth-order valence-electron chi connectivity index (χ4n) is 0.345. The van der Waals surface area contributed by atoms with Crippen molar-refractivity contribution in [2.45, 2.75) is 6.42 Å². The first-order chi connectivity index (χ1) is 3.91. The van der Waals surface area contributed by atoms with Crippen LogP contribution < -0.4 is 0 Å². The molecule has 0 radical (unpaired) electrons. The zero-order valence-corrected chi connectivity index (χ0v) is 5.82. The van der Waals surface area contributed by atoms with Gasteiger partial charge in [-0.05, 0) is 6.42 Å². The van der Waals surface area contributed by atoms with Crippen LogP contribution in [-0.2, 0) is 4.74 Å². The van der Waals surface area contributed by atoms with Crippen LogP contribution in [-0.4, -0.2) is 19.6 Å². The molecule has 0 amide bonds. The molecule has 0 aliphatic rings. The highest BCUT2D eigenvalue weighted by Gasteiger charge is 1.72. The Morgan fingerprint density at radius 2 is 2.25 bits per heavy atom. The first kappa shape index (κ1) is 7.99. The van der Waals surface area contributed by atoms with Crippen molar-refractivity contribution >= 4 is 11.6 Å². The molecule has 0 saturated heterocycles. The Morgan fingerprint density at radius 3 is 2.75 bits per heavy atom. The van der Waals surface area contributed by atoms with E-state index in [1.165, 1.54) is 0 Å². The average molecular weight is 135 g/mol. The third-order valence-corrected chi connectivity index (χ3v) is 0.924. The second-order valence-electron chi connectivity index (χ2n) is 1.40. The Kier molecular flexibility index (Phi) is 6.98. The molecule has 0 bridgehead atoms. The normalized spacial score (nSPS) is 10.8. The van der Waals surface area contributed by atoms with E-state index in [9.17, 15) is 0 Å². The number of methoxy groups -OCH3 is 1. The van der Waals surface area contributed by atoms with Gasteiger partial charge in [0.25, 0.3) is 0 Å². The van der Waals surface area contributed by atoms with Crippen molar-refractivity contribution in [1.29, 1.82) is 0 Å². The quantitative estimate of drug-likeness (QED) is 0.421. The van der Waals surface area contributed by atoms with Gasteiger partial charge in [0.1, 0.15) is 0 Å². The highest BCUT2D eigenvalue weighted by molar-refractivity contribution is 6.17. The molecule has 0 fully saturated rings. The standard InChI is InChI=1S/C6H11ClO/c1-8-6-4-2-3-5-7/h2,4H,3,5-6H2,1H3. The summed E-state index contributed by atoms with van der Waals surface area (Å²) in [6.07, 6.45) is 4.91. The highest BCUT2D eigenvalue weighted by atomic mass is 35.5. The summed E-state index contributed by atoms with van der Waals surface area (Å²) >= 11 is 5.39. The summed E-state index contributed by atoms with van der Waals surface area (Å²) in [7, 11) is 1.67. The predicted octanol–water partition coefficient (Wildman–Crippen LogP) is 1.82. The molecule has 0 saturated carbocycles. The number of hydrogen-bond donors (Lipinski definition) is 0. The number of ether oxygens (including phenoxy) is 1. The van der Waals surface area contributed by atoms with E-state index in [4.69, 9.17) is 16.3 Å². The molecule has 1 nitrogen and oxygen atoms in total. The molecule has 0 aromatic heterocycles. The molecule has 8 heavy (non-hydrogen) atoms. The first-order valence-electron chi connectivity index (χ1n) is 2.61. The maximum absolute atomic E-state index is 5.39. The van der Waals surface area contributed by atoms with Crippen molar-refractivity contribution in [3.63, 3.8) is 0 Å². The van der Waals surface area contributed by atoms with E-state index in [0.29, 0.717) is 12.5 Å². The van der Waals surface area contributed by atoms with Gasteiger partial charge < -0.3 is 4.74 Å². The highest BCUT2D eigenvalue weighted by Crippen LogP contribution is 1.85. The van der Waals surface area contributed by atoms with Crippen molar-refractivity contribution < 1.29 is 4.74 Å². The molecular weight excluding hydrogens is 124 g/mol. The van der Waals surface area contributed by atoms with Gasteiger partial charge in [-0.3, -0.25) is 0 Å². The zero-order chi connectivity index (χ0) is 6.24. The van der Waals surface area contributed by atoms with Gasteiger partial charge in [-0.1, -0.05) is 12.2 Å². The van der Waals surface area contributed by atoms with Gasteiger partial charge in [-0.15, -0.1) is 11.6 Å². The van der Waals surface area contributed by atoms with E-state index >= 15 is 0 Å². The van der Waals surface area contributed by atoms with E-state index in [-0.39, 0.29) is 0 Å². The minimum absolute atomic E-state index is 0.691. The van der Waals surface area contributed by atoms with Gasteiger partial charge in [-0.25, -0.2) is 0 Å². The van der Waals surface area contributed by atoms with Gasteiger partial charge in [-0.2, -0.15) is 0 Å². The van der Waals surface area contributed by atoms with Crippen LogP contribution in [0.1, 0.15) is 6.42 Å². The molecule has 2 heteroatoms. The van der Waals surface area contributed by atoms with E-state index in [1.807, 2.05) is 12.2 Å². The van der Waals surface area contributed by atoms with Crippen LogP contribution in [0.5, 0.6) is 0 Å². The minimum atomic E-state index is 0.691. The van der Waals surface area contributed by atoms with Crippen molar-refractivity contribution in [1.82, 2.24) is 0 Å². The van der Waals surface area contributed by atoms with Crippen LogP contribution in [0.2, 0.25) is 0 Å². The van der Waals surface area contributed by atoms with Crippen molar-refractivity contribution in [3.05, 3.63) is 12.2 Å². The van der Waals surface area contributed by atoms with Crippen LogP contribution in [0.15, 0.2) is 12.2 Å². The Balaban J connectivity index is 2.83. The number of hydrogen-bond acceptors (Lipinski definition) is 1. The zero-order valence-electron chi connectivity index (χ0n) is 5.06. The average Bonchev–Trinajstić information content (AvgIpc) is 1.81. The minimum Gasteiger partial charge on any atom is -0.381 e. The van der Waals surface area contributed by atoms with Crippen LogP contribution in [0.25, 0.3) is 0 Å². The fraction of sp³-hybridized carbons (Fsp3) is 0.667. The van der Waals surface area contributed by atoms with E-state index in [1.54, 1.807) is 7.11 Å². The summed E-state index contributed by atoms with van der Waals surface area (Å²) in [6, 6.07) is 0. The van der Waals surface area contributed by atoms with Gasteiger partial charge in [0.15, 0.2) is 0 Å². The van der Waals surface area contributed by atoms with Crippen molar-refractivity contribution in [2.75, 3.05) is 19.6 Å². The van der Waals surface area contributed by atoms with E-state index < -0.39 is 0 Å². The summed E-state index contributed by atoms with van der Waals surface area (Å²) in [5.41, 5.74) is 0. The molecular formula is C6H11ClO. The van der Waals surface area contributed by atoms with Gasteiger partial charge in [0.05, 0.1) is 6.61 Å². The van der Waals surface area contributed by atoms with Crippen LogP contribution in [0.3, 0.4) is 0 Å². The molecule has 0 N–H and O–H groups in total. The number of allylic oxidation sites excluding steroid dienone is 1. The molecule has 0 unspecified atom stereocenters. The van der Waals surface area contributed by atoms with Crippen molar-refractivity contribution in [3.8, 4) is 0 Å². The number of rotatable bonds is 4. The van der Waals surface area contributed by atoms with E-state index in [2.05, 4.69) is 0 Å². The monoisotopic (exact) mass is 134 g/mol. The number of alkyl halides is 1. The van der Waals surface area contributed by atoms with Crippen molar-refractivity contribution in [2.24, 2.45) is 0 Å². The summed E-state index contributed by atoms with van der Waals surface area (Å²) in [5, 5.41) is 0. The Bertz CT molecular complexity index is 53.5. The SMILES string of the molecule is COCC=CCCCl. The number of halogens is 1. The maximum atomic E-state index is 5.39. The molecule has 48 valence electrons. The van der Waals surface area contributed by atoms with Crippen LogP contribution >= 0.6 is 11.6 Å². The third kappa shape index (κ3) is 5.99. The molecule has 0 rings (SSSR count). The summed E-state index contributed by atoms with van der Waals surface area (Å²) in [6.45, 7) is 0.691. The lowest BCUT2D eigenvalue weighted by Gasteiger charge is -1.85. The molecule has 0 aromatic carbocycles. The molecule has 0 aromatic rings. The molecule has 0 aliphatic carbocycles. The van der Waals surface area contributed by atoms with Gasteiger partial charge in [0.2, 0.25) is 0 Å². The summed E-state index contributed by atoms with van der Waals surface area (Å²) < 4.78 is 4.76. The van der Waals surface area contributed by atoms with Gasteiger partial charge in [0, 0.05) is 13.0 Å².